The van der Waals surface area contributed by atoms with Gasteiger partial charge >= 0.3 is 0 Å². The molecule has 1 unspecified atom stereocenters. The zero-order valence-electron chi connectivity index (χ0n) is 8.23. The molecule has 2 saturated heterocycles. The largest absolute Gasteiger partial charge is 0.300 e. The Morgan fingerprint density at radius 2 is 1.62 bits per heavy atom. The fourth-order valence-electron chi connectivity index (χ4n) is 2.71. The highest BCUT2D eigenvalue weighted by molar-refractivity contribution is 7.91. The minimum Gasteiger partial charge on any atom is -0.300 e. The fourth-order valence-corrected chi connectivity index (χ4v) is 3.85. The third-order valence-electron chi connectivity index (χ3n) is 3.66. The van der Waals surface area contributed by atoms with Crippen molar-refractivity contribution in [3.05, 3.63) is 0 Å². The van der Waals surface area contributed by atoms with Gasteiger partial charge in [-0.05, 0) is 32.7 Å². The van der Waals surface area contributed by atoms with Crippen molar-refractivity contribution in [3.63, 3.8) is 0 Å². The Labute approximate surface area is 80.0 Å². The Balaban J connectivity index is 2.16. The second kappa shape index (κ2) is 2.95. The van der Waals surface area contributed by atoms with Crippen LogP contribution in [0.15, 0.2) is 0 Å². The van der Waals surface area contributed by atoms with Crippen LogP contribution in [0.2, 0.25) is 0 Å². The fraction of sp³-hybridized carbons (Fsp3) is 1.00. The third-order valence-corrected chi connectivity index (χ3v) is 5.26. The molecule has 0 spiro atoms. The Morgan fingerprint density at radius 1 is 1.15 bits per heavy atom. The molecule has 13 heavy (non-hydrogen) atoms. The molecule has 2 aliphatic heterocycles. The Morgan fingerprint density at radius 3 is 2.00 bits per heavy atom. The highest BCUT2D eigenvalue weighted by Crippen LogP contribution is 2.36. The van der Waals surface area contributed by atoms with Crippen molar-refractivity contribution in [3.8, 4) is 0 Å². The summed E-state index contributed by atoms with van der Waals surface area (Å²) in [4.78, 5) is 2.36. The van der Waals surface area contributed by atoms with E-state index in [1.54, 1.807) is 0 Å². The lowest BCUT2D eigenvalue weighted by Gasteiger charge is -2.35. The van der Waals surface area contributed by atoms with Crippen LogP contribution in [-0.4, -0.2) is 44.0 Å². The molecule has 2 fully saturated rings. The zero-order valence-corrected chi connectivity index (χ0v) is 9.05. The second-order valence-electron chi connectivity index (χ2n) is 4.47. The average Bonchev–Trinajstić information content (AvgIpc) is 2.29. The van der Waals surface area contributed by atoms with Crippen molar-refractivity contribution in [1.29, 1.82) is 0 Å². The quantitative estimate of drug-likeness (QED) is 0.628. The summed E-state index contributed by atoms with van der Waals surface area (Å²) >= 11 is 0. The minimum absolute atomic E-state index is 0.0683. The Hall–Kier alpha value is -0.0900. The SMILES string of the molecule is CN1[C@@H]2CC[C@H]1CC(S(C)(=O)=O)C2. The van der Waals surface area contributed by atoms with E-state index in [4.69, 9.17) is 0 Å². The maximum Gasteiger partial charge on any atom is 0.150 e. The summed E-state index contributed by atoms with van der Waals surface area (Å²) in [5.41, 5.74) is 0. The van der Waals surface area contributed by atoms with E-state index in [0.29, 0.717) is 12.1 Å². The van der Waals surface area contributed by atoms with Crippen molar-refractivity contribution in [2.24, 2.45) is 0 Å². The molecule has 76 valence electrons. The molecule has 4 heteroatoms. The lowest BCUT2D eigenvalue weighted by Crippen LogP contribution is -2.44. The Bertz CT molecular complexity index is 285. The van der Waals surface area contributed by atoms with Gasteiger partial charge in [-0.3, -0.25) is 0 Å². The van der Waals surface area contributed by atoms with E-state index in [-0.39, 0.29) is 5.25 Å². The summed E-state index contributed by atoms with van der Waals surface area (Å²) in [5, 5.41) is -0.0683. The van der Waals surface area contributed by atoms with Crippen LogP contribution in [0.1, 0.15) is 25.7 Å². The summed E-state index contributed by atoms with van der Waals surface area (Å²) < 4.78 is 22.8. The number of hydrogen-bond acceptors (Lipinski definition) is 3. The van der Waals surface area contributed by atoms with Crippen LogP contribution in [0.3, 0.4) is 0 Å². The van der Waals surface area contributed by atoms with Gasteiger partial charge in [-0.2, -0.15) is 0 Å². The Kier molecular flexibility index (Phi) is 2.15. The van der Waals surface area contributed by atoms with Crippen LogP contribution in [0.25, 0.3) is 0 Å². The van der Waals surface area contributed by atoms with E-state index in [1.807, 2.05) is 0 Å². The molecular formula is C9H17NO2S. The van der Waals surface area contributed by atoms with Gasteiger partial charge in [0.1, 0.15) is 9.84 Å². The van der Waals surface area contributed by atoms with Crippen molar-refractivity contribution in [1.82, 2.24) is 4.90 Å². The highest BCUT2D eigenvalue weighted by Gasteiger charge is 2.41. The number of fused-ring (bicyclic) bond motifs is 2. The number of hydrogen-bond donors (Lipinski definition) is 0. The van der Waals surface area contributed by atoms with Gasteiger partial charge in [-0.25, -0.2) is 8.42 Å². The van der Waals surface area contributed by atoms with E-state index >= 15 is 0 Å². The van der Waals surface area contributed by atoms with Gasteiger partial charge in [-0.15, -0.1) is 0 Å². The van der Waals surface area contributed by atoms with Gasteiger partial charge in [0.05, 0.1) is 5.25 Å². The second-order valence-corrected chi connectivity index (χ2v) is 6.80. The van der Waals surface area contributed by atoms with Crippen LogP contribution >= 0.6 is 0 Å². The first kappa shape index (κ1) is 9.46. The van der Waals surface area contributed by atoms with Gasteiger partial charge in [0, 0.05) is 18.3 Å². The number of rotatable bonds is 1. The molecule has 0 N–H and O–H groups in total. The highest BCUT2D eigenvalue weighted by atomic mass is 32.2. The van der Waals surface area contributed by atoms with Crippen molar-refractivity contribution in [2.75, 3.05) is 13.3 Å². The zero-order chi connectivity index (χ0) is 9.64. The van der Waals surface area contributed by atoms with Crippen LogP contribution in [0.4, 0.5) is 0 Å². The molecule has 3 atom stereocenters. The molecule has 0 aliphatic carbocycles. The van der Waals surface area contributed by atoms with Crippen LogP contribution < -0.4 is 0 Å². The van der Waals surface area contributed by atoms with Gasteiger partial charge < -0.3 is 4.90 Å². The number of piperidine rings is 1. The number of nitrogens with zero attached hydrogens (tertiary/aromatic N) is 1. The van der Waals surface area contributed by atoms with Crippen LogP contribution in [0, 0.1) is 0 Å². The van der Waals surface area contributed by atoms with E-state index in [1.165, 1.54) is 19.1 Å². The molecule has 2 aliphatic rings. The molecule has 0 radical (unpaired) electrons. The van der Waals surface area contributed by atoms with E-state index in [2.05, 4.69) is 11.9 Å². The molecule has 3 nitrogen and oxygen atoms in total. The maximum atomic E-state index is 11.4. The summed E-state index contributed by atoms with van der Waals surface area (Å²) in [6.45, 7) is 0. The normalized spacial score (nSPS) is 40.9. The molecule has 2 rings (SSSR count). The summed E-state index contributed by atoms with van der Waals surface area (Å²) in [6.07, 6.45) is 5.46. The maximum absolute atomic E-state index is 11.4. The topological polar surface area (TPSA) is 37.4 Å². The molecule has 0 amide bonds. The summed E-state index contributed by atoms with van der Waals surface area (Å²) in [7, 11) is -0.676. The van der Waals surface area contributed by atoms with Crippen LogP contribution in [0.5, 0.6) is 0 Å². The molecular weight excluding hydrogens is 186 g/mol. The third kappa shape index (κ3) is 1.62. The van der Waals surface area contributed by atoms with Crippen LogP contribution in [-0.2, 0) is 9.84 Å². The molecule has 0 aromatic rings. The smallest absolute Gasteiger partial charge is 0.150 e. The predicted octanol–water partition coefficient (Wildman–Crippen LogP) is 0.656. The predicted molar refractivity (Wildman–Crippen MR) is 52.4 cm³/mol. The van der Waals surface area contributed by atoms with Gasteiger partial charge in [-0.1, -0.05) is 0 Å². The molecule has 0 aromatic carbocycles. The first-order valence-electron chi connectivity index (χ1n) is 4.89. The van der Waals surface area contributed by atoms with Gasteiger partial charge in [0.25, 0.3) is 0 Å². The first-order chi connectivity index (χ1) is 5.98. The lowest BCUT2D eigenvalue weighted by atomic mass is 10.0. The monoisotopic (exact) mass is 203 g/mol. The summed E-state index contributed by atoms with van der Waals surface area (Å²) in [5.74, 6) is 0. The van der Waals surface area contributed by atoms with Crippen molar-refractivity contribution in [2.45, 2.75) is 43.0 Å². The molecule has 2 heterocycles. The van der Waals surface area contributed by atoms with Crippen molar-refractivity contribution >= 4 is 9.84 Å². The van der Waals surface area contributed by atoms with E-state index in [9.17, 15) is 8.42 Å². The molecule has 0 saturated carbocycles. The first-order valence-corrected chi connectivity index (χ1v) is 6.84. The van der Waals surface area contributed by atoms with Gasteiger partial charge in [0.15, 0.2) is 0 Å². The molecule has 0 aromatic heterocycles. The standard InChI is InChI=1S/C9H17NO2S/c1-10-7-3-4-8(10)6-9(5-7)13(2,11)12/h7-9H,3-6H2,1-2H3/t7-,8+,9?. The van der Waals surface area contributed by atoms with Crippen molar-refractivity contribution < 1.29 is 8.42 Å². The average molecular weight is 203 g/mol. The van der Waals surface area contributed by atoms with E-state index in [0.717, 1.165) is 12.8 Å². The molecule has 2 bridgehead atoms. The number of sulfone groups is 1. The summed E-state index contributed by atoms with van der Waals surface area (Å²) in [6, 6.07) is 1.05. The minimum atomic E-state index is -2.80. The van der Waals surface area contributed by atoms with E-state index < -0.39 is 9.84 Å². The lowest BCUT2D eigenvalue weighted by molar-refractivity contribution is 0.180. The van der Waals surface area contributed by atoms with Gasteiger partial charge in [0.2, 0.25) is 0 Å².